The second-order valence-corrected chi connectivity index (χ2v) is 5.71. The molecule has 0 saturated carbocycles. The van der Waals surface area contributed by atoms with E-state index in [0.29, 0.717) is 6.61 Å². The van der Waals surface area contributed by atoms with Crippen molar-refractivity contribution in [3.8, 4) is 5.75 Å². The summed E-state index contributed by atoms with van der Waals surface area (Å²) in [6, 6.07) is 12.5. The average Bonchev–Trinajstić information content (AvgIpc) is 3.01. The summed E-state index contributed by atoms with van der Waals surface area (Å²) in [7, 11) is 0. The fourth-order valence-electron chi connectivity index (χ4n) is 2.23. The second-order valence-electron chi connectivity index (χ2n) is 4.68. The Morgan fingerprint density at radius 1 is 1.19 bits per heavy atom. The van der Waals surface area contributed by atoms with Crippen LogP contribution in [-0.4, -0.2) is 18.9 Å². The van der Waals surface area contributed by atoms with E-state index in [2.05, 4.69) is 24.4 Å². The van der Waals surface area contributed by atoms with E-state index in [9.17, 15) is 0 Å². The van der Waals surface area contributed by atoms with Gasteiger partial charge in [0.05, 0.1) is 18.6 Å². The quantitative estimate of drug-likeness (QED) is 0.750. The predicted molar refractivity (Wildman–Crippen MR) is 88.9 cm³/mol. The van der Waals surface area contributed by atoms with Gasteiger partial charge in [0.1, 0.15) is 11.5 Å². The zero-order valence-corrected chi connectivity index (χ0v) is 13.5. The number of furan rings is 1. The highest BCUT2D eigenvalue weighted by Crippen LogP contribution is 2.28. The lowest BCUT2D eigenvalue weighted by atomic mass is 10.1. The molecule has 0 aliphatic carbocycles. The van der Waals surface area contributed by atoms with Crippen molar-refractivity contribution in [3.05, 3.63) is 54.0 Å². The number of thioether (sulfide) groups is 1. The van der Waals surface area contributed by atoms with Crippen LogP contribution in [0.15, 0.2) is 47.1 Å². The van der Waals surface area contributed by atoms with Crippen molar-refractivity contribution in [2.45, 2.75) is 25.6 Å². The van der Waals surface area contributed by atoms with E-state index in [1.807, 2.05) is 43.0 Å². The third kappa shape index (κ3) is 4.83. The van der Waals surface area contributed by atoms with Gasteiger partial charge in [0.15, 0.2) is 0 Å². The monoisotopic (exact) mass is 305 g/mol. The first-order chi connectivity index (χ1) is 10.3. The summed E-state index contributed by atoms with van der Waals surface area (Å²) in [5, 5.41) is 3.55. The van der Waals surface area contributed by atoms with Crippen molar-refractivity contribution in [3.63, 3.8) is 0 Å². The van der Waals surface area contributed by atoms with E-state index < -0.39 is 0 Å². The molecule has 1 unspecified atom stereocenters. The van der Waals surface area contributed by atoms with Crippen LogP contribution in [0.1, 0.15) is 31.2 Å². The molecule has 0 aliphatic heterocycles. The molecule has 4 heteroatoms. The van der Waals surface area contributed by atoms with Crippen LogP contribution in [-0.2, 0) is 5.75 Å². The van der Waals surface area contributed by atoms with Crippen LogP contribution in [0.25, 0.3) is 0 Å². The summed E-state index contributed by atoms with van der Waals surface area (Å²) in [5.74, 6) is 3.88. The molecule has 0 fully saturated rings. The molecule has 0 aliphatic rings. The highest BCUT2D eigenvalue weighted by atomic mass is 32.2. The number of hydrogen-bond acceptors (Lipinski definition) is 4. The lowest BCUT2D eigenvalue weighted by Gasteiger charge is -2.20. The SMILES string of the molecule is CCNC(CSCc1ccco1)c1ccccc1OCC. The van der Waals surface area contributed by atoms with Crippen LogP contribution in [0.2, 0.25) is 0 Å². The van der Waals surface area contributed by atoms with Crippen LogP contribution in [0.5, 0.6) is 5.75 Å². The van der Waals surface area contributed by atoms with Crippen molar-refractivity contribution in [2.75, 3.05) is 18.9 Å². The molecule has 3 nitrogen and oxygen atoms in total. The average molecular weight is 305 g/mol. The molecular formula is C17H23NO2S. The standard InChI is InChI=1S/C17H23NO2S/c1-3-18-16(13-21-12-14-8-7-11-20-14)15-9-5-6-10-17(15)19-4-2/h5-11,16,18H,3-4,12-13H2,1-2H3. The van der Waals surface area contributed by atoms with E-state index in [1.54, 1.807) is 6.26 Å². The number of benzene rings is 1. The molecule has 1 N–H and O–H groups in total. The first-order valence-corrected chi connectivity index (χ1v) is 8.55. The van der Waals surface area contributed by atoms with E-state index in [1.165, 1.54) is 5.56 Å². The van der Waals surface area contributed by atoms with Crippen LogP contribution < -0.4 is 10.1 Å². The molecule has 2 aromatic rings. The topological polar surface area (TPSA) is 34.4 Å². The second kappa shape index (κ2) is 8.80. The molecule has 1 heterocycles. The van der Waals surface area contributed by atoms with Gasteiger partial charge >= 0.3 is 0 Å². The van der Waals surface area contributed by atoms with E-state index in [4.69, 9.17) is 9.15 Å². The Balaban J connectivity index is 2.00. The summed E-state index contributed by atoms with van der Waals surface area (Å²) in [6.45, 7) is 5.78. The molecule has 0 spiro atoms. The molecular weight excluding hydrogens is 282 g/mol. The number of hydrogen-bond donors (Lipinski definition) is 1. The van der Waals surface area contributed by atoms with E-state index >= 15 is 0 Å². The van der Waals surface area contributed by atoms with Crippen molar-refractivity contribution in [1.82, 2.24) is 5.32 Å². The minimum Gasteiger partial charge on any atom is -0.494 e. The van der Waals surface area contributed by atoms with E-state index in [0.717, 1.165) is 29.6 Å². The normalized spacial score (nSPS) is 12.3. The molecule has 0 saturated heterocycles. The van der Waals surface area contributed by atoms with Crippen molar-refractivity contribution in [2.24, 2.45) is 0 Å². The minimum atomic E-state index is 0.290. The number of ether oxygens (including phenoxy) is 1. The van der Waals surface area contributed by atoms with Gasteiger partial charge in [-0.3, -0.25) is 0 Å². The van der Waals surface area contributed by atoms with Gasteiger partial charge in [-0.1, -0.05) is 25.1 Å². The zero-order chi connectivity index (χ0) is 14.9. The third-order valence-corrected chi connectivity index (χ3v) is 4.21. The highest BCUT2D eigenvalue weighted by molar-refractivity contribution is 7.98. The summed E-state index contributed by atoms with van der Waals surface area (Å²) in [4.78, 5) is 0. The van der Waals surface area contributed by atoms with E-state index in [-0.39, 0.29) is 6.04 Å². The lowest BCUT2D eigenvalue weighted by Crippen LogP contribution is -2.23. The minimum absolute atomic E-state index is 0.290. The fraction of sp³-hybridized carbons (Fsp3) is 0.412. The Morgan fingerprint density at radius 2 is 2.05 bits per heavy atom. The fourth-order valence-corrected chi connectivity index (χ4v) is 3.25. The number of nitrogens with one attached hydrogen (secondary N) is 1. The summed E-state index contributed by atoms with van der Waals surface area (Å²) in [5.41, 5.74) is 1.23. The van der Waals surface area contributed by atoms with Gasteiger partial charge in [-0.15, -0.1) is 0 Å². The molecule has 1 aromatic carbocycles. The van der Waals surface area contributed by atoms with Crippen LogP contribution >= 0.6 is 11.8 Å². The summed E-state index contributed by atoms with van der Waals surface area (Å²) >= 11 is 1.87. The Bertz CT molecular complexity index is 513. The van der Waals surface area contributed by atoms with Crippen LogP contribution in [0.3, 0.4) is 0 Å². The maximum atomic E-state index is 5.75. The molecule has 114 valence electrons. The van der Waals surface area contributed by atoms with Gasteiger partial charge in [0, 0.05) is 17.4 Å². The number of rotatable bonds is 9. The molecule has 1 aromatic heterocycles. The number of para-hydroxylation sites is 1. The van der Waals surface area contributed by atoms with Gasteiger partial charge < -0.3 is 14.5 Å². The Hall–Kier alpha value is -1.39. The van der Waals surface area contributed by atoms with Crippen LogP contribution in [0.4, 0.5) is 0 Å². The zero-order valence-electron chi connectivity index (χ0n) is 12.7. The van der Waals surface area contributed by atoms with Gasteiger partial charge in [0.2, 0.25) is 0 Å². The highest BCUT2D eigenvalue weighted by Gasteiger charge is 2.15. The Morgan fingerprint density at radius 3 is 2.76 bits per heavy atom. The molecule has 21 heavy (non-hydrogen) atoms. The largest absolute Gasteiger partial charge is 0.494 e. The molecule has 1 atom stereocenters. The maximum absolute atomic E-state index is 5.75. The summed E-state index contributed by atoms with van der Waals surface area (Å²) in [6.07, 6.45) is 1.72. The lowest BCUT2D eigenvalue weighted by molar-refractivity contribution is 0.333. The first kappa shape index (κ1) is 16.0. The van der Waals surface area contributed by atoms with Crippen molar-refractivity contribution < 1.29 is 9.15 Å². The molecule has 0 radical (unpaired) electrons. The smallest absolute Gasteiger partial charge is 0.124 e. The Kier molecular flexibility index (Phi) is 6.70. The van der Waals surface area contributed by atoms with Gasteiger partial charge in [-0.05, 0) is 31.7 Å². The van der Waals surface area contributed by atoms with Gasteiger partial charge in [-0.25, -0.2) is 0 Å². The molecule has 0 bridgehead atoms. The third-order valence-electron chi connectivity index (χ3n) is 3.15. The van der Waals surface area contributed by atoms with Crippen molar-refractivity contribution in [1.29, 1.82) is 0 Å². The molecule has 2 rings (SSSR count). The van der Waals surface area contributed by atoms with Crippen LogP contribution in [0, 0.1) is 0 Å². The predicted octanol–water partition coefficient (Wildman–Crippen LogP) is 4.26. The first-order valence-electron chi connectivity index (χ1n) is 7.40. The van der Waals surface area contributed by atoms with Gasteiger partial charge in [0.25, 0.3) is 0 Å². The van der Waals surface area contributed by atoms with Gasteiger partial charge in [-0.2, -0.15) is 11.8 Å². The maximum Gasteiger partial charge on any atom is 0.124 e. The molecule has 0 amide bonds. The summed E-state index contributed by atoms with van der Waals surface area (Å²) < 4.78 is 11.1. The Labute approximate surface area is 131 Å². The van der Waals surface area contributed by atoms with Crippen molar-refractivity contribution >= 4 is 11.8 Å².